The molecule has 0 aromatic carbocycles. The quantitative estimate of drug-likeness (QED) is 0.422. The standard InChI is InChI=1S/C8H13N3S/c1-2-9-5-6-12-8-3-4-10-7-11-8/h3-4,7,9H,2,5-6H2,1H3. The van der Waals surface area contributed by atoms with Gasteiger partial charge in [0.05, 0.1) is 5.03 Å². The number of thioether (sulfide) groups is 1. The van der Waals surface area contributed by atoms with Crippen molar-refractivity contribution < 1.29 is 0 Å². The molecule has 0 unspecified atom stereocenters. The van der Waals surface area contributed by atoms with Crippen molar-refractivity contribution in [2.24, 2.45) is 0 Å². The zero-order valence-electron chi connectivity index (χ0n) is 7.16. The van der Waals surface area contributed by atoms with Crippen LogP contribution in [-0.4, -0.2) is 28.8 Å². The number of aromatic nitrogens is 2. The van der Waals surface area contributed by atoms with Crippen molar-refractivity contribution in [3.8, 4) is 0 Å². The van der Waals surface area contributed by atoms with Crippen molar-refractivity contribution in [2.45, 2.75) is 11.9 Å². The molecule has 66 valence electrons. The van der Waals surface area contributed by atoms with E-state index < -0.39 is 0 Å². The SMILES string of the molecule is CCNCCSc1ccncn1. The van der Waals surface area contributed by atoms with Crippen LogP contribution in [0.4, 0.5) is 0 Å². The van der Waals surface area contributed by atoms with Gasteiger partial charge in [0.15, 0.2) is 0 Å². The van der Waals surface area contributed by atoms with Crippen molar-refractivity contribution in [2.75, 3.05) is 18.8 Å². The molecule has 1 aromatic rings. The lowest BCUT2D eigenvalue weighted by atomic mass is 10.7. The van der Waals surface area contributed by atoms with Gasteiger partial charge in [0.2, 0.25) is 0 Å². The van der Waals surface area contributed by atoms with Crippen LogP contribution in [0.25, 0.3) is 0 Å². The summed E-state index contributed by atoms with van der Waals surface area (Å²) in [5, 5.41) is 4.30. The zero-order valence-corrected chi connectivity index (χ0v) is 7.97. The van der Waals surface area contributed by atoms with Crippen LogP contribution >= 0.6 is 11.8 Å². The van der Waals surface area contributed by atoms with E-state index in [4.69, 9.17) is 0 Å². The summed E-state index contributed by atoms with van der Waals surface area (Å²) >= 11 is 1.75. The number of hydrogen-bond acceptors (Lipinski definition) is 4. The molecular weight excluding hydrogens is 170 g/mol. The van der Waals surface area contributed by atoms with Crippen LogP contribution in [0, 0.1) is 0 Å². The van der Waals surface area contributed by atoms with Crippen LogP contribution in [0.2, 0.25) is 0 Å². The van der Waals surface area contributed by atoms with E-state index in [1.807, 2.05) is 6.07 Å². The summed E-state index contributed by atoms with van der Waals surface area (Å²) in [6, 6.07) is 1.93. The lowest BCUT2D eigenvalue weighted by Crippen LogP contribution is -2.15. The van der Waals surface area contributed by atoms with Crippen LogP contribution in [0.5, 0.6) is 0 Å². The molecule has 1 rings (SSSR count). The van der Waals surface area contributed by atoms with E-state index in [1.165, 1.54) is 0 Å². The van der Waals surface area contributed by atoms with Gasteiger partial charge in [-0.15, -0.1) is 11.8 Å². The Labute approximate surface area is 77.0 Å². The van der Waals surface area contributed by atoms with Gasteiger partial charge in [-0.1, -0.05) is 6.92 Å². The summed E-state index contributed by atoms with van der Waals surface area (Å²) in [5.74, 6) is 1.06. The Kier molecular flexibility index (Phi) is 4.71. The van der Waals surface area contributed by atoms with Crippen molar-refractivity contribution >= 4 is 11.8 Å². The minimum atomic E-state index is 1.03. The van der Waals surface area contributed by atoms with Gasteiger partial charge in [-0.3, -0.25) is 0 Å². The molecule has 0 radical (unpaired) electrons. The highest BCUT2D eigenvalue weighted by Crippen LogP contribution is 2.11. The predicted molar refractivity (Wildman–Crippen MR) is 51.3 cm³/mol. The van der Waals surface area contributed by atoms with Crippen molar-refractivity contribution in [3.05, 3.63) is 18.6 Å². The van der Waals surface area contributed by atoms with E-state index in [0.29, 0.717) is 0 Å². The molecule has 12 heavy (non-hydrogen) atoms. The summed E-state index contributed by atoms with van der Waals surface area (Å²) in [6.07, 6.45) is 3.35. The van der Waals surface area contributed by atoms with Crippen molar-refractivity contribution in [1.82, 2.24) is 15.3 Å². The maximum atomic E-state index is 4.10. The van der Waals surface area contributed by atoms with E-state index in [2.05, 4.69) is 22.2 Å². The Balaban J connectivity index is 2.16. The normalized spacial score (nSPS) is 10.1. The first kappa shape index (κ1) is 9.48. The second-order valence-electron chi connectivity index (χ2n) is 2.25. The molecule has 1 aromatic heterocycles. The van der Waals surface area contributed by atoms with E-state index in [0.717, 1.165) is 23.9 Å². The van der Waals surface area contributed by atoms with Crippen LogP contribution in [-0.2, 0) is 0 Å². The smallest absolute Gasteiger partial charge is 0.116 e. The number of rotatable bonds is 5. The molecule has 0 fully saturated rings. The fourth-order valence-electron chi connectivity index (χ4n) is 0.768. The molecule has 1 N–H and O–H groups in total. The van der Waals surface area contributed by atoms with Crippen molar-refractivity contribution in [1.29, 1.82) is 0 Å². The summed E-state index contributed by atoms with van der Waals surface area (Å²) < 4.78 is 0. The number of nitrogens with one attached hydrogen (secondary N) is 1. The van der Waals surface area contributed by atoms with Gasteiger partial charge in [0, 0.05) is 18.5 Å². The highest BCUT2D eigenvalue weighted by atomic mass is 32.2. The Morgan fingerprint density at radius 2 is 2.50 bits per heavy atom. The molecule has 0 bridgehead atoms. The third kappa shape index (κ3) is 3.69. The molecular formula is C8H13N3S. The highest BCUT2D eigenvalue weighted by Gasteiger charge is 1.92. The van der Waals surface area contributed by atoms with E-state index in [-0.39, 0.29) is 0 Å². The summed E-state index contributed by atoms with van der Waals surface area (Å²) in [6.45, 7) is 4.17. The second-order valence-corrected chi connectivity index (χ2v) is 3.36. The first-order valence-electron chi connectivity index (χ1n) is 4.03. The Bertz CT molecular complexity index is 203. The molecule has 0 atom stereocenters. The fraction of sp³-hybridized carbons (Fsp3) is 0.500. The Morgan fingerprint density at radius 1 is 1.58 bits per heavy atom. The minimum absolute atomic E-state index is 1.03. The molecule has 0 saturated carbocycles. The van der Waals surface area contributed by atoms with Gasteiger partial charge in [-0.25, -0.2) is 9.97 Å². The molecule has 0 amide bonds. The number of hydrogen-bond donors (Lipinski definition) is 1. The zero-order chi connectivity index (χ0) is 8.65. The Morgan fingerprint density at radius 3 is 3.17 bits per heavy atom. The van der Waals surface area contributed by atoms with Crippen LogP contribution in [0.3, 0.4) is 0 Å². The topological polar surface area (TPSA) is 37.8 Å². The molecule has 0 saturated heterocycles. The largest absolute Gasteiger partial charge is 0.316 e. The van der Waals surface area contributed by atoms with Gasteiger partial charge in [0.1, 0.15) is 6.33 Å². The lowest BCUT2D eigenvalue weighted by molar-refractivity contribution is 0.768. The first-order chi connectivity index (χ1) is 5.93. The summed E-state index contributed by atoms with van der Waals surface area (Å²) in [5.41, 5.74) is 0. The first-order valence-corrected chi connectivity index (χ1v) is 5.01. The molecule has 0 spiro atoms. The molecule has 1 heterocycles. The molecule has 3 nitrogen and oxygen atoms in total. The minimum Gasteiger partial charge on any atom is -0.316 e. The van der Waals surface area contributed by atoms with Gasteiger partial charge >= 0.3 is 0 Å². The van der Waals surface area contributed by atoms with Gasteiger partial charge in [-0.05, 0) is 12.6 Å². The number of nitrogens with zero attached hydrogens (tertiary/aromatic N) is 2. The summed E-state index contributed by atoms with van der Waals surface area (Å²) in [4.78, 5) is 7.95. The maximum absolute atomic E-state index is 4.10. The third-order valence-electron chi connectivity index (χ3n) is 1.33. The fourth-order valence-corrected chi connectivity index (χ4v) is 1.50. The van der Waals surface area contributed by atoms with Gasteiger partial charge in [-0.2, -0.15) is 0 Å². The monoisotopic (exact) mass is 183 g/mol. The molecule has 0 aliphatic carbocycles. The van der Waals surface area contributed by atoms with E-state index >= 15 is 0 Å². The average Bonchev–Trinajstić information content (AvgIpc) is 2.14. The molecule has 0 aliphatic rings. The predicted octanol–water partition coefficient (Wildman–Crippen LogP) is 1.18. The van der Waals surface area contributed by atoms with Crippen LogP contribution < -0.4 is 5.32 Å². The highest BCUT2D eigenvalue weighted by molar-refractivity contribution is 7.99. The maximum Gasteiger partial charge on any atom is 0.116 e. The van der Waals surface area contributed by atoms with E-state index in [9.17, 15) is 0 Å². The van der Waals surface area contributed by atoms with E-state index in [1.54, 1.807) is 24.3 Å². The lowest BCUT2D eigenvalue weighted by Gasteiger charge is -1.99. The van der Waals surface area contributed by atoms with Gasteiger partial charge < -0.3 is 5.32 Å². The molecule has 4 heteroatoms. The third-order valence-corrected chi connectivity index (χ3v) is 2.28. The van der Waals surface area contributed by atoms with Crippen LogP contribution in [0.1, 0.15) is 6.92 Å². The average molecular weight is 183 g/mol. The molecule has 0 aliphatic heterocycles. The summed E-state index contributed by atoms with van der Waals surface area (Å²) in [7, 11) is 0. The van der Waals surface area contributed by atoms with Crippen LogP contribution in [0.15, 0.2) is 23.6 Å². The van der Waals surface area contributed by atoms with Crippen molar-refractivity contribution in [3.63, 3.8) is 0 Å². The Hall–Kier alpha value is -0.610. The van der Waals surface area contributed by atoms with Gasteiger partial charge in [0.25, 0.3) is 0 Å². The second kappa shape index (κ2) is 5.97.